The average molecular weight is 325 g/mol. The molecule has 0 radical (unpaired) electrons. The van der Waals surface area contributed by atoms with Gasteiger partial charge in [-0.2, -0.15) is 4.99 Å². The van der Waals surface area contributed by atoms with E-state index >= 15 is 0 Å². The second kappa shape index (κ2) is 5.77. The molecule has 3 aromatic rings. The van der Waals surface area contributed by atoms with Crippen LogP contribution in [0.25, 0.3) is 16.6 Å². The van der Waals surface area contributed by atoms with Crippen LogP contribution in [0.1, 0.15) is 21.6 Å². The number of rotatable bonds is 2. The van der Waals surface area contributed by atoms with Gasteiger partial charge in [0.05, 0.1) is 16.8 Å². The zero-order valence-corrected chi connectivity index (χ0v) is 13.2. The number of amides is 1. The number of benzene rings is 1. The standard InChI is InChI=1S/C17H16FN5O/c1-9-10(2)23(8-13(9)16(24)22-17(19)20)15-5-6-21-14-4-3-11(18)7-12(14)15/h3-8H,1-2H3,(H4,19,20,22,24). The Kier molecular flexibility index (Phi) is 3.76. The summed E-state index contributed by atoms with van der Waals surface area (Å²) in [6.45, 7) is 3.68. The van der Waals surface area contributed by atoms with E-state index in [0.29, 0.717) is 16.5 Å². The van der Waals surface area contributed by atoms with Gasteiger partial charge in [-0.3, -0.25) is 9.78 Å². The van der Waals surface area contributed by atoms with Crippen LogP contribution in [0, 0.1) is 19.7 Å². The summed E-state index contributed by atoms with van der Waals surface area (Å²) in [5.74, 6) is -1.16. The molecule has 122 valence electrons. The van der Waals surface area contributed by atoms with E-state index in [1.807, 2.05) is 18.4 Å². The number of fused-ring (bicyclic) bond motifs is 1. The second-order valence-electron chi connectivity index (χ2n) is 5.46. The van der Waals surface area contributed by atoms with E-state index in [1.165, 1.54) is 12.1 Å². The van der Waals surface area contributed by atoms with Crippen molar-refractivity contribution < 1.29 is 9.18 Å². The molecule has 0 unspecified atom stereocenters. The molecular weight excluding hydrogens is 309 g/mol. The predicted octanol–water partition coefficient (Wildman–Crippen LogP) is 2.20. The molecule has 7 heteroatoms. The van der Waals surface area contributed by atoms with Crippen LogP contribution in [-0.2, 0) is 0 Å². The number of carbonyl (C=O) groups is 1. The molecule has 0 spiro atoms. The predicted molar refractivity (Wildman–Crippen MR) is 90.6 cm³/mol. The molecule has 0 saturated heterocycles. The first kappa shape index (κ1) is 15.7. The van der Waals surface area contributed by atoms with Crippen molar-refractivity contribution in [3.05, 3.63) is 59.3 Å². The van der Waals surface area contributed by atoms with E-state index in [4.69, 9.17) is 11.5 Å². The van der Waals surface area contributed by atoms with Gasteiger partial charge in [-0.05, 0) is 43.7 Å². The van der Waals surface area contributed by atoms with Gasteiger partial charge in [0.2, 0.25) is 0 Å². The molecule has 0 fully saturated rings. The van der Waals surface area contributed by atoms with E-state index < -0.39 is 5.91 Å². The van der Waals surface area contributed by atoms with Crippen molar-refractivity contribution in [1.82, 2.24) is 9.55 Å². The largest absolute Gasteiger partial charge is 0.370 e. The maximum absolute atomic E-state index is 13.7. The molecule has 0 aliphatic carbocycles. The molecule has 1 amide bonds. The summed E-state index contributed by atoms with van der Waals surface area (Å²) < 4.78 is 15.5. The lowest BCUT2D eigenvalue weighted by atomic mass is 10.1. The number of guanidine groups is 1. The van der Waals surface area contributed by atoms with Gasteiger partial charge in [-0.1, -0.05) is 0 Å². The molecule has 3 rings (SSSR count). The Hall–Kier alpha value is -3.22. The van der Waals surface area contributed by atoms with Crippen LogP contribution in [0.4, 0.5) is 4.39 Å². The van der Waals surface area contributed by atoms with Gasteiger partial charge in [-0.15, -0.1) is 0 Å². The van der Waals surface area contributed by atoms with E-state index in [-0.39, 0.29) is 11.8 Å². The lowest BCUT2D eigenvalue weighted by molar-refractivity contribution is 0.100. The highest BCUT2D eigenvalue weighted by molar-refractivity contribution is 6.03. The Morgan fingerprint density at radius 2 is 2.00 bits per heavy atom. The molecule has 0 aliphatic heterocycles. The second-order valence-corrected chi connectivity index (χ2v) is 5.46. The Balaban J connectivity index is 2.23. The van der Waals surface area contributed by atoms with Gasteiger partial charge in [0.1, 0.15) is 5.82 Å². The summed E-state index contributed by atoms with van der Waals surface area (Å²) in [5.41, 5.74) is 13.9. The van der Waals surface area contributed by atoms with Crippen LogP contribution < -0.4 is 11.5 Å². The topological polar surface area (TPSA) is 99.3 Å². The highest BCUT2D eigenvalue weighted by Gasteiger charge is 2.17. The molecule has 0 aliphatic rings. The van der Waals surface area contributed by atoms with E-state index in [1.54, 1.807) is 24.5 Å². The third kappa shape index (κ3) is 2.60. The number of carbonyl (C=O) groups excluding carboxylic acids is 1. The molecular formula is C17H16FN5O. The van der Waals surface area contributed by atoms with Crippen molar-refractivity contribution in [2.75, 3.05) is 0 Å². The van der Waals surface area contributed by atoms with Gasteiger partial charge in [0, 0.05) is 23.5 Å². The third-order valence-electron chi connectivity index (χ3n) is 3.97. The van der Waals surface area contributed by atoms with Crippen LogP contribution in [-0.4, -0.2) is 21.4 Å². The lowest BCUT2D eigenvalue weighted by Crippen LogP contribution is -2.24. The fourth-order valence-electron chi connectivity index (χ4n) is 2.66. The molecule has 0 saturated carbocycles. The number of hydrogen-bond donors (Lipinski definition) is 2. The smallest absolute Gasteiger partial charge is 0.282 e. The third-order valence-corrected chi connectivity index (χ3v) is 3.97. The number of nitrogens with two attached hydrogens (primary N) is 2. The lowest BCUT2D eigenvalue weighted by Gasteiger charge is -2.10. The van der Waals surface area contributed by atoms with Crippen molar-refractivity contribution in [2.24, 2.45) is 16.5 Å². The van der Waals surface area contributed by atoms with Crippen LogP contribution in [0.5, 0.6) is 0 Å². The number of hydrogen-bond acceptors (Lipinski definition) is 2. The summed E-state index contributed by atoms with van der Waals surface area (Å²) in [5, 5.41) is 0.649. The van der Waals surface area contributed by atoms with E-state index in [0.717, 1.165) is 16.9 Å². The first-order chi connectivity index (χ1) is 11.4. The average Bonchev–Trinajstić information content (AvgIpc) is 2.82. The quantitative estimate of drug-likeness (QED) is 0.557. The minimum Gasteiger partial charge on any atom is -0.370 e. The molecule has 6 nitrogen and oxygen atoms in total. The summed E-state index contributed by atoms with van der Waals surface area (Å²) >= 11 is 0. The van der Waals surface area contributed by atoms with Gasteiger partial charge in [0.15, 0.2) is 5.96 Å². The minimum absolute atomic E-state index is 0.291. The van der Waals surface area contributed by atoms with Crippen molar-refractivity contribution >= 4 is 22.8 Å². The Morgan fingerprint density at radius 1 is 1.25 bits per heavy atom. The summed E-state index contributed by atoms with van der Waals surface area (Å²) in [6.07, 6.45) is 3.29. The SMILES string of the molecule is Cc1c(C(=O)N=C(N)N)cn(-c2ccnc3ccc(F)cc23)c1C. The maximum Gasteiger partial charge on any atom is 0.282 e. The maximum atomic E-state index is 13.7. The molecule has 2 aromatic heterocycles. The van der Waals surface area contributed by atoms with Gasteiger partial charge < -0.3 is 16.0 Å². The van der Waals surface area contributed by atoms with E-state index in [2.05, 4.69) is 9.98 Å². The van der Waals surface area contributed by atoms with Crippen molar-refractivity contribution in [3.8, 4) is 5.69 Å². The highest BCUT2D eigenvalue weighted by atomic mass is 19.1. The fourth-order valence-corrected chi connectivity index (χ4v) is 2.66. The van der Waals surface area contributed by atoms with Crippen LogP contribution >= 0.6 is 0 Å². The zero-order valence-electron chi connectivity index (χ0n) is 13.2. The Bertz CT molecular complexity index is 986. The van der Waals surface area contributed by atoms with Crippen LogP contribution in [0.2, 0.25) is 0 Å². The summed E-state index contributed by atoms with van der Waals surface area (Å²) in [4.78, 5) is 20.0. The first-order valence-electron chi connectivity index (χ1n) is 7.25. The number of nitrogens with zero attached hydrogens (tertiary/aromatic N) is 3. The number of pyridine rings is 1. The van der Waals surface area contributed by atoms with Crippen molar-refractivity contribution in [2.45, 2.75) is 13.8 Å². The molecule has 1 aromatic carbocycles. The van der Waals surface area contributed by atoms with Crippen molar-refractivity contribution in [3.63, 3.8) is 0 Å². The van der Waals surface area contributed by atoms with E-state index in [9.17, 15) is 9.18 Å². The zero-order chi connectivity index (χ0) is 17.4. The van der Waals surface area contributed by atoms with Gasteiger partial charge >= 0.3 is 0 Å². The van der Waals surface area contributed by atoms with Crippen LogP contribution in [0.15, 0.2) is 41.7 Å². The fraction of sp³-hybridized carbons (Fsp3) is 0.118. The number of aromatic nitrogens is 2. The summed E-state index contributed by atoms with van der Waals surface area (Å²) in [6, 6.07) is 6.17. The monoisotopic (exact) mass is 325 g/mol. The van der Waals surface area contributed by atoms with Gasteiger partial charge in [-0.25, -0.2) is 4.39 Å². The minimum atomic E-state index is -0.515. The number of aliphatic imine (C=N–C) groups is 1. The first-order valence-corrected chi connectivity index (χ1v) is 7.25. The van der Waals surface area contributed by atoms with Crippen molar-refractivity contribution in [1.29, 1.82) is 0 Å². The Labute approximate surface area is 137 Å². The summed E-state index contributed by atoms with van der Waals surface area (Å²) in [7, 11) is 0. The molecule has 4 N–H and O–H groups in total. The highest BCUT2D eigenvalue weighted by Crippen LogP contribution is 2.26. The normalized spacial score (nSPS) is 10.8. The molecule has 0 atom stereocenters. The Morgan fingerprint density at radius 3 is 2.71 bits per heavy atom. The van der Waals surface area contributed by atoms with Crippen LogP contribution in [0.3, 0.4) is 0 Å². The molecule has 2 heterocycles. The van der Waals surface area contributed by atoms with Gasteiger partial charge in [0.25, 0.3) is 5.91 Å². The molecule has 0 bridgehead atoms. The number of halogens is 1. The molecule has 24 heavy (non-hydrogen) atoms.